The predicted octanol–water partition coefficient (Wildman–Crippen LogP) is 3.00. The summed E-state index contributed by atoms with van der Waals surface area (Å²) in [5.74, 6) is 0. The molecule has 0 spiro atoms. The Morgan fingerprint density at radius 2 is 1.89 bits per heavy atom. The molecule has 3 nitrogen and oxygen atoms in total. The van der Waals surface area contributed by atoms with E-state index >= 15 is 0 Å². The van der Waals surface area contributed by atoms with Crippen molar-refractivity contribution in [3.05, 3.63) is 46.3 Å². The van der Waals surface area contributed by atoms with E-state index in [4.69, 9.17) is 5.73 Å². The SMILES string of the molecule is Cc1ccc(CC(C)N)cc1-n1nc(C)c(C)c1C. The van der Waals surface area contributed by atoms with Crippen molar-refractivity contribution in [2.24, 2.45) is 5.73 Å². The first-order valence-corrected chi connectivity index (χ1v) is 6.78. The van der Waals surface area contributed by atoms with Crippen LogP contribution in [0.2, 0.25) is 0 Å². The second-order valence-corrected chi connectivity index (χ2v) is 5.51. The lowest BCUT2D eigenvalue weighted by Gasteiger charge is -2.12. The van der Waals surface area contributed by atoms with Gasteiger partial charge in [0, 0.05) is 11.7 Å². The quantitative estimate of drug-likeness (QED) is 0.918. The molecule has 1 unspecified atom stereocenters. The van der Waals surface area contributed by atoms with Crippen LogP contribution in [0.3, 0.4) is 0 Å². The van der Waals surface area contributed by atoms with Gasteiger partial charge in [-0.2, -0.15) is 5.10 Å². The number of rotatable bonds is 3. The molecule has 0 bridgehead atoms. The van der Waals surface area contributed by atoms with Crippen LogP contribution >= 0.6 is 0 Å². The number of benzene rings is 1. The second-order valence-electron chi connectivity index (χ2n) is 5.51. The molecule has 102 valence electrons. The highest BCUT2D eigenvalue weighted by atomic mass is 15.3. The lowest BCUT2D eigenvalue weighted by molar-refractivity contribution is 0.735. The van der Waals surface area contributed by atoms with Crippen molar-refractivity contribution in [1.29, 1.82) is 0 Å². The molecule has 0 aliphatic carbocycles. The second kappa shape index (κ2) is 5.17. The van der Waals surface area contributed by atoms with Crippen LogP contribution in [0.25, 0.3) is 5.69 Å². The summed E-state index contributed by atoms with van der Waals surface area (Å²) < 4.78 is 2.05. The van der Waals surface area contributed by atoms with Crippen molar-refractivity contribution in [3.8, 4) is 5.69 Å². The molecule has 2 N–H and O–H groups in total. The summed E-state index contributed by atoms with van der Waals surface area (Å²) in [6.07, 6.45) is 0.894. The van der Waals surface area contributed by atoms with Crippen LogP contribution < -0.4 is 5.73 Å². The van der Waals surface area contributed by atoms with Crippen LogP contribution in [0, 0.1) is 27.7 Å². The van der Waals surface area contributed by atoms with Crippen molar-refractivity contribution >= 4 is 0 Å². The number of hydrogen-bond acceptors (Lipinski definition) is 2. The summed E-state index contributed by atoms with van der Waals surface area (Å²) in [5.41, 5.74) is 13.1. The average Bonchev–Trinajstić information content (AvgIpc) is 2.59. The Morgan fingerprint density at radius 3 is 2.42 bits per heavy atom. The van der Waals surface area contributed by atoms with Gasteiger partial charge in [-0.1, -0.05) is 12.1 Å². The van der Waals surface area contributed by atoms with Gasteiger partial charge in [-0.05, 0) is 63.8 Å². The van der Waals surface area contributed by atoms with Gasteiger partial charge in [-0.25, -0.2) is 4.68 Å². The molecule has 0 radical (unpaired) electrons. The lowest BCUT2D eigenvalue weighted by atomic mass is 10.0. The molecule has 1 atom stereocenters. The predicted molar refractivity (Wildman–Crippen MR) is 79.9 cm³/mol. The van der Waals surface area contributed by atoms with Gasteiger partial charge in [-0.3, -0.25) is 0 Å². The van der Waals surface area contributed by atoms with Gasteiger partial charge in [0.15, 0.2) is 0 Å². The maximum atomic E-state index is 5.89. The standard InChI is InChI=1S/C16H23N3/c1-10-6-7-15(8-11(2)17)9-16(10)19-14(5)12(3)13(4)18-19/h6-7,9,11H,8,17H2,1-5H3. The first kappa shape index (κ1) is 13.8. The summed E-state index contributed by atoms with van der Waals surface area (Å²) in [5, 5.41) is 4.65. The first-order valence-electron chi connectivity index (χ1n) is 6.78. The minimum atomic E-state index is 0.178. The summed E-state index contributed by atoms with van der Waals surface area (Å²) in [7, 11) is 0. The number of aromatic nitrogens is 2. The molecule has 0 aliphatic rings. The van der Waals surface area contributed by atoms with Gasteiger partial charge in [0.1, 0.15) is 0 Å². The smallest absolute Gasteiger partial charge is 0.0680 e. The van der Waals surface area contributed by atoms with E-state index in [0.717, 1.165) is 17.8 Å². The van der Waals surface area contributed by atoms with E-state index in [1.807, 2.05) is 11.6 Å². The third-order valence-electron chi connectivity index (χ3n) is 3.71. The van der Waals surface area contributed by atoms with Gasteiger partial charge < -0.3 is 5.73 Å². The Morgan fingerprint density at radius 1 is 1.21 bits per heavy atom. The zero-order valence-corrected chi connectivity index (χ0v) is 12.5. The average molecular weight is 257 g/mol. The van der Waals surface area contributed by atoms with Crippen molar-refractivity contribution in [1.82, 2.24) is 9.78 Å². The molecular weight excluding hydrogens is 234 g/mol. The monoisotopic (exact) mass is 257 g/mol. The fourth-order valence-corrected chi connectivity index (χ4v) is 2.34. The normalized spacial score (nSPS) is 12.7. The minimum Gasteiger partial charge on any atom is -0.328 e. The van der Waals surface area contributed by atoms with Crippen molar-refractivity contribution in [3.63, 3.8) is 0 Å². The van der Waals surface area contributed by atoms with E-state index in [2.05, 4.69) is 51.0 Å². The van der Waals surface area contributed by atoms with Crippen LogP contribution in [-0.4, -0.2) is 15.8 Å². The van der Waals surface area contributed by atoms with E-state index in [9.17, 15) is 0 Å². The molecule has 1 heterocycles. The number of aryl methyl sites for hydroxylation is 2. The van der Waals surface area contributed by atoms with Crippen LogP contribution in [0.5, 0.6) is 0 Å². The zero-order chi connectivity index (χ0) is 14.2. The van der Waals surface area contributed by atoms with Crippen molar-refractivity contribution in [2.75, 3.05) is 0 Å². The topological polar surface area (TPSA) is 43.8 Å². The van der Waals surface area contributed by atoms with Crippen molar-refractivity contribution in [2.45, 2.75) is 47.1 Å². The van der Waals surface area contributed by atoms with E-state index in [0.29, 0.717) is 0 Å². The molecule has 3 heteroatoms. The molecule has 19 heavy (non-hydrogen) atoms. The minimum absolute atomic E-state index is 0.178. The van der Waals surface area contributed by atoms with E-state index in [1.165, 1.54) is 22.4 Å². The summed E-state index contributed by atoms with van der Waals surface area (Å²) in [6, 6.07) is 6.69. The van der Waals surface area contributed by atoms with Gasteiger partial charge in [0.05, 0.1) is 11.4 Å². The lowest BCUT2D eigenvalue weighted by Crippen LogP contribution is -2.18. The Labute approximate surface area is 115 Å². The Bertz CT molecular complexity index is 594. The molecule has 1 aromatic heterocycles. The highest BCUT2D eigenvalue weighted by Crippen LogP contribution is 2.21. The summed E-state index contributed by atoms with van der Waals surface area (Å²) in [6.45, 7) is 10.5. The van der Waals surface area contributed by atoms with E-state index in [-0.39, 0.29) is 6.04 Å². The van der Waals surface area contributed by atoms with Crippen LogP contribution in [0.1, 0.15) is 35.0 Å². The molecule has 0 amide bonds. The third-order valence-corrected chi connectivity index (χ3v) is 3.71. The van der Waals surface area contributed by atoms with Gasteiger partial charge in [0.25, 0.3) is 0 Å². The van der Waals surface area contributed by atoms with Crippen LogP contribution in [0.4, 0.5) is 0 Å². The Hall–Kier alpha value is -1.61. The number of nitrogens with two attached hydrogens (primary N) is 1. The highest BCUT2D eigenvalue weighted by Gasteiger charge is 2.11. The molecule has 1 aromatic carbocycles. The van der Waals surface area contributed by atoms with E-state index in [1.54, 1.807) is 0 Å². The van der Waals surface area contributed by atoms with Crippen LogP contribution in [0.15, 0.2) is 18.2 Å². The summed E-state index contributed by atoms with van der Waals surface area (Å²) in [4.78, 5) is 0. The van der Waals surface area contributed by atoms with Gasteiger partial charge >= 0.3 is 0 Å². The number of hydrogen-bond donors (Lipinski definition) is 1. The Kier molecular flexibility index (Phi) is 3.76. The zero-order valence-electron chi connectivity index (χ0n) is 12.5. The van der Waals surface area contributed by atoms with E-state index < -0.39 is 0 Å². The third kappa shape index (κ3) is 2.71. The maximum absolute atomic E-state index is 5.89. The molecule has 2 aromatic rings. The molecule has 2 rings (SSSR count). The fraction of sp³-hybridized carbons (Fsp3) is 0.438. The maximum Gasteiger partial charge on any atom is 0.0680 e. The first-order chi connectivity index (χ1) is 8.90. The Balaban J connectivity index is 2.51. The fourth-order valence-electron chi connectivity index (χ4n) is 2.34. The largest absolute Gasteiger partial charge is 0.328 e. The molecule has 0 aliphatic heterocycles. The summed E-state index contributed by atoms with van der Waals surface area (Å²) >= 11 is 0. The van der Waals surface area contributed by atoms with Crippen LogP contribution in [-0.2, 0) is 6.42 Å². The highest BCUT2D eigenvalue weighted by molar-refractivity contribution is 5.45. The molecular formula is C16H23N3. The molecule has 0 saturated heterocycles. The molecule has 0 saturated carbocycles. The molecule has 0 fully saturated rings. The number of nitrogens with zero attached hydrogens (tertiary/aromatic N) is 2. The van der Waals surface area contributed by atoms with Gasteiger partial charge in [-0.15, -0.1) is 0 Å². The van der Waals surface area contributed by atoms with Gasteiger partial charge in [0.2, 0.25) is 0 Å². The van der Waals surface area contributed by atoms with Crippen molar-refractivity contribution < 1.29 is 0 Å².